The lowest BCUT2D eigenvalue weighted by Gasteiger charge is -2.11. The van der Waals surface area contributed by atoms with Gasteiger partial charge < -0.3 is 5.73 Å². The van der Waals surface area contributed by atoms with Gasteiger partial charge in [-0.15, -0.1) is 0 Å². The fourth-order valence-electron chi connectivity index (χ4n) is 1.62. The summed E-state index contributed by atoms with van der Waals surface area (Å²) >= 11 is 3.40. The summed E-state index contributed by atoms with van der Waals surface area (Å²) < 4.78 is 0.966. The van der Waals surface area contributed by atoms with Crippen LogP contribution in [0.4, 0.5) is 0 Å². The largest absolute Gasteiger partial charge is 0.324 e. The van der Waals surface area contributed by atoms with Crippen LogP contribution in [-0.2, 0) is 6.42 Å². The Morgan fingerprint density at radius 1 is 1.19 bits per heavy atom. The Labute approximate surface area is 104 Å². The van der Waals surface area contributed by atoms with Crippen molar-refractivity contribution in [3.8, 4) is 0 Å². The van der Waals surface area contributed by atoms with E-state index in [0.29, 0.717) is 0 Å². The number of rotatable bonds is 3. The molecule has 2 N–H and O–H groups in total. The molecule has 1 aromatic carbocycles. The van der Waals surface area contributed by atoms with Crippen LogP contribution in [0.15, 0.2) is 53.3 Å². The molecule has 0 saturated carbocycles. The zero-order valence-corrected chi connectivity index (χ0v) is 10.4. The fraction of sp³-hybridized carbons (Fsp3) is 0.154. The quantitative estimate of drug-likeness (QED) is 0.936. The van der Waals surface area contributed by atoms with E-state index < -0.39 is 0 Å². The number of hydrogen-bond donors (Lipinski definition) is 1. The van der Waals surface area contributed by atoms with E-state index in [1.54, 1.807) is 6.20 Å². The van der Waals surface area contributed by atoms with Crippen molar-refractivity contribution in [3.05, 3.63) is 64.4 Å². The highest BCUT2D eigenvalue weighted by atomic mass is 79.9. The smallest absolute Gasteiger partial charge is 0.0410 e. The molecule has 1 heterocycles. The molecule has 1 atom stereocenters. The average Bonchev–Trinajstić information content (AvgIpc) is 2.30. The number of nitrogens with two attached hydrogens (primary N) is 1. The van der Waals surface area contributed by atoms with Gasteiger partial charge in [-0.25, -0.2) is 0 Å². The fourth-order valence-corrected chi connectivity index (χ4v) is 2.00. The van der Waals surface area contributed by atoms with Crippen molar-refractivity contribution in [2.45, 2.75) is 12.5 Å². The Morgan fingerprint density at radius 2 is 1.94 bits per heavy atom. The molecular formula is C13H13BrN2. The van der Waals surface area contributed by atoms with Crippen LogP contribution in [0.2, 0.25) is 0 Å². The first-order valence-corrected chi connectivity index (χ1v) is 5.95. The van der Waals surface area contributed by atoms with E-state index in [0.717, 1.165) is 16.5 Å². The lowest BCUT2D eigenvalue weighted by atomic mass is 10.0. The summed E-state index contributed by atoms with van der Waals surface area (Å²) in [6.07, 6.45) is 4.41. The Bertz CT molecular complexity index is 456. The van der Waals surface area contributed by atoms with Gasteiger partial charge in [-0.1, -0.05) is 30.3 Å². The number of nitrogens with zero attached hydrogens (tertiary/aromatic N) is 1. The third-order valence-electron chi connectivity index (χ3n) is 2.45. The Morgan fingerprint density at radius 3 is 2.62 bits per heavy atom. The topological polar surface area (TPSA) is 38.9 Å². The van der Waals surface area contributed by atoms with Gasteiger partial charge in [0, 0.05) is 22.9 Å². The van der Waals surface area contributed by atoms with Gasteiger partial charge in [0.15, 0.2) is 0 Å². The van der Waals surface area contributed by atoms with Crippen LogP contribution in [0.25, 0.3) is 0 Å². The summed E-state index contributed by atoms with van der Waals surface area (Å²) in [5, 5.41) is 0. The first-order valence-electron chi connectivity index (χ1n) is 5.15. The number of halogens is 1. The van der Waals surface area contributed by atoms with Gasteiger partial charge in [0.05, 0.1) is 0 Å². The summed E-state index contributed by atoms with van der Waals surface area (Å²) in [6.45, 7) is 0. The molecular weight excluding hydrogens is 264 g/mol. The van der Waals surface area contributed by atoms with Crippen LogP contribution in [0.5, 0.6) is 0 Å². The zero-order valence-electron chi connectivity index (χ0n) is 8.81. The van der Waals surface area contributed by atoms with E-state index >= 15 is 0 Å². The normalized spacial score (nSPS) is 12.4. The monoisotopic (exact) mass is 276 g/mol. The van der Waals surface area contributed by atoms with Crippen molar-refractivity contribution in [1.29, 1.82) is 0 Å². The standard InChI is InChI=1S/C13H13BrN2/c14-12-7-11(8-16-9-12)13(15)6-10-4-2-1-3-5-10/h1-5,7-9,13H,6,15H2/t13-/m1/s1. The van der Waals surface area contributed by atoms with Crippen molar-refractivity contribution in [2.75, 3.05) is 0 Å². The van der Waals surface area contributed by atoms with Gasteiger partial charge in [0.25, 0.3) is 0 Å². The molecule has 0 bridgehead atoms. The van der Waals surface area contributed by atoms with Crippen molar-refractivity contribution in [1.82, 2.24) is 4.98 Å². The Hall–Kier alpha value is -1.19. The van der Waals surface area contributed by atoms with Gasteiger partial charge in [0.1, 0.15) is 0 Å². The third-order valence-corrected chi connectivity index (χ3v) is 2.89. The van der Waals surface area contributed by atoms with Crippen molar-refractivity contribution in [3.63, 3.8) is 0 Å². The summed E-state index contributed by atoms with van der Waals surface area (Å²) in [6, 6.07) is 12.3. The molecule has 2 rings (SSSR count). The second-order valence-corrected chi connectivity index (χ2v) is 4.65. The molecule has 0 saturated heterocycles. The number of benzene rings is 1. The molecule has 82 valence electrons. The van der Waals surface area contributed by atoms with Gasteiger partial charge in [-0.05, 0) is 39.5 Å². The van der Waals surface area contributed by atoms with Crippen LogP contribution < -0.4 is 5.73 Å². The molecule has 3 heteroatoms. The summed E-state index contributed by atoms with van der Waals surface area (Å²) in [4.78, 5) is 4.12. The maximum absolute atomic E-state index is 6.14. The summed E-state index contributed by atoms with van der Waals surface area (Å²) in [7, 11) is 0. The van der Waals surface area contributed by atoms with E-state index in [1.165, 1.54) is 5.56 Å². The third kappa shape index (κ3) is 2.90. The number of aromatic nitrogens is 1. The van der Waals surface area contributed by atoms with Crippen LogP contribution >= 0.6 is 15.9 Å². The van der Waals surface area contributed by atoms with Crippen molar-refractivity contribution >= 4 is 15.9 Å². The van der Waals surface area contributed by atoms with Gasteiger partial charge in [0.2, 0.25) is 0 Å². The van der Waals surface area contributed by atoms with E-state index in [-0.39, 0.29) is 6.04 Å². The zero-order chi connectivity index (χ0) is 11.4. The predicted molar refractivity (Wildman–Crippen MR) is 69.0 cm³/mol. The number of hydrogen-bond acceptors (Lipinski definition) is 2. The predicted octanol–water partition coefficient (Wildman–Crippen LogP) is 3.09. The molecule has 0 radical (unpaired) electrons. The highest BCUT2D eigenvalue weighted by molar-refractivity contribution is 9.10. The molecule has 0 aliphatic rings. The van der Waals surface area contributed by atoms with Gasteiger partial charge in [-0.2, -0.15) is 0 Å². The molecule has 0 aliphatic carbocycles. The molecule has 0 spiro atoms. The maximum Gasteiger partial charge on any atom is 0.0410 e. The van der Waals surface area contributed by atoms with E-state index in [1.807, 2.05) is 30.5 Å². The molecule has 0 fully saturated rings. The van der Waals surface area contributed by atoms with Crippen LogP contribution in [0.1, 0.15) is 17.2 Å². The lowest BCUT2D eigenvalue weighted by molar-refractivity contribution is 0.717. The molecule has 2 aromatic rings. The van der Waals surface area contributed by atoms with E-state index in [2.05, 4.69) is 33.0 Å². The minimum Gasteiger partial charge on any atom is -0.324 e. The van der Waals surface area contributed by atoms with Crippen LogP contribution in [0.3, 0.4) is 0 Å². The number of pyridine rings is 1. The molecule has 1 aromatic heterocycles. The second kappa shape index (κ2) is 5.23. The summed E-state index contributed by atoms with van der Waals surface area (Å²) in [5.41, 5.74) is 8.43. The Balaban J connectivity index is 2.12. The van der Waals surface area contributed by atoms with E-state index in [9.17, 15) is 0 Å². The maximum atomic E-state index is 6.14. The van der Waals surface area contributed by atoms with E-state index in [4.69, 9.17) is 5.73 Å². The molecule has 16 heavy (non-hydrogen) atoms. The van der Waals surface area contributed by atoms with Crippen LogP contribution in [0, 0.1) is 0 Å². The minimum atomic E-state index is -0.00704. The molecule has 0 aliphatic heterocycles. The second-order valence-electron chi connectivity index (χ2n) is 3.73. The van der Waals surface area contributed by atoms with Gasteiger partial charge in [-0.3, -0.25) is 4.98 Å². The minimum absolute atomic E-state index is 0.00704. The van der Waals surface area contributed by atoms with Crippen molar-refractivity contribution < 1.29 is 0 Å². The SMILES string of the molecule is N[C@H](Cc1ccccc1)c1cncc(Br)c1. The van der Waals surface area contributed by atoms with Crippen LogP contribution in [-0.4, -0.2) is 4.98 Å². The first kappa shape index (κ1) is 11.3. The molecule has 0 amide bonds. The average molecular weight is 277 g/mol. The highest BCUT2D eigenvalue weighted by Crippen LogP contribution is 2.18. The van der Waals surface area contributed by atoms with Gasteiger partial charge >= 0.3 is 0 Å². The Kier molecular flexibility index (Phi) is 3.70. The first-order chi connectivity index (χ1) is 7.75. The highest BCUT2D eigenvalue weighted by Gasteiger charge is 2.07. The molecule has 2 nitrogen and oxygen atoms in total. The van der Waals surface area contributed by atoms with Crippen molar-refractivity contribution in [2.24, 2.45) is 5.73 Å². The molecule has 0 unspecified atom stereocenters. The summed E-state index contributed by atoms with van der Waals surface area (Å²) in [5.74, 6) is 0. The lowest BCUT2D eigenvalue weighted by Crippen LogP contribution is -2.13.